The molecule has 0 fully saturated rings. The molecule has 1 heterocycles. The summed E-state index contributed by atoms with van der Waals surface area (Å²) < 4.78 is 39.9. The number of para-hydroxylation sites is 1. The second kappa shape index (κ2) is 5.73. The summed E-state index contributed by atoms with van der Waals surface area (Å²) in [6, 6.07) is 11.4. The van der Waals surface area contributed by atoms with Crippen LogP contribution in [0.25, 0.3) is 16.6 Å². The monoisotopic (exact) mass is 336 g/mol. The second-order valence-electron chi connectivity index (χ2n) is 4.80. The highest BCUT2D eigenvalue weighted by Crippen LogP contribution is 2.30. The average Bonchev–Trinajstić information content (AvgIpc) is 2.54. The molecule has 0 unspecified atom stereocenters. The van der Waals surface area contributed by atoms with E-state index in [2.05, 4.69) is 4.98 Å². The number of fused-ring (bicyclic) bond motifs is 1. The van der Waals surface area contributed by atoms with Crippen molar-refractivity contribution >= 4 is 22.7 Å². The van der Waals surface area contributed by atoms with E-state index in [1.165, 1.54) is 28.5 Å². The summed E-state index contributed by atoms with van der Waals surface area (Å²) in [5.41, 5.74) is -0.529. The lowest BCUT2D eigenvalue weighted by Crippen LogP contribution is -2.22. The Kier molecular flexibility index (Phi) is 3.89. The van der Waals surface area contributed by atoms with Gasteiger partial charge in [0.2, 0.25) is 0 Å². The van der Waals surface area contributed by atoms with Gasteiger partial charge in [-0.25, -0.2) is 4.98 Å². The topological polar surface area (TPSA) is 34.9 Å². The van der Waals surface area contributed by atoms with Crippen molar-refractivity contribution in [3.05, 3.63) is 64.4 Å². The SMILES string of the molecule is CSc1nc2ccccc2c(=O)n1-c1cccc(C(F)(F)F)c1. The zero-order chi connectivity index (χ0) is 16.6. The highest BCUT2D eigenvalue weighted by Gasteiger charge is 2.30. The predicted molar refractivity (Wildman–Crippen MR) is 84.1 cm³/mol. The van der Waals surface area contributed by atoms with E-state index in [9.17, 15) is 18.0 Å². The fraction of sp³-hybridized carbons (Fsp3) is 0.125. The van der Waals surface area contributed by atoms with E-state index in [0.717, 1.165) is 12.1 Å². The highest BCUT2D eigenvalue weighted by molar-refractivity contribution is 7.98. The first-order chi connectivity index (χ1) is 10.9. The second-order valence-corrected chi connectivity index (χ2v) is 5.58. The van der Waals surface area contributed by atoms with Crippen LogP contribution in [-0.2, 0) is 6.18 Å². The van der Waals surface area contributed by atoms with Gasteiger partial charge < -0.3 is 0 Å². The van der Waals surface area contributed by atoms with Crippen LogP contribution in [-0.4, -0.2) is 15.8 Å². The molecule has 3 aromatic rings. The molecule has 0 saturated carbocycles. The molecule has 2 aromatic carbocycles. The van der Waals surface area contributed by atoms with Gasteiger partial charge >= 0.3 is 6.18 Å². The van der Waals surface area contributed by atoms with Crippen molar-refractivity contribution < 1.29 is 13.2 Å². The Morgan fingerprint density at radius 1 is 1.09 bits per heavy atom. The van der Waals surface area contributed by atoms with Crippen molar-refractivity contribution in [2.75, 3.05) is 6.26 Å². The number of benzene rings is 2. The molecule has 0 amide bonds. The van der Waals surface area contributed by atoms with Crippen LogP contribution >= 0.6 is 11.8 Å². The van der Waals surface area contributed by atoms with Gasteiger partial charge in [-0.05, 0) is 36.6 Å². The minimum Gasteiger partial charge on any atom is -0.268 e. The first-order valence-corrected chi connectivity index (χ1v) is 7.87. The Morgan fingerprint density at radius 2 is 1.83 bits per heavy atom. The number of halogens is 3. The number of aromatic nitrogens is 2. The Labute approximate surface area is 133 Å². The first-order valence-electron chi connectivity index (χ1n) is 6.65. The molecule has 3 nitrogen and oxygen atoms in total. The van der Waals surface area contributed by atoms with Gasteiger partial charge in [0.25, 0.3) is 5.56 Å². The third-order valence-corrected chi connectivity index (χ3v) is 4.00. The first kappa shape index (κ1) is 15.6. The van der Waals surface area contributed by atoms with E-state index >= 15 is 0 Å². The van der Waals surface area contributed by atoms with Gasteiger partial charge in [0.1, 0.15) is 0 Å². The molecule has 118 valence electrons. The average molecular weight is 336 g/mol. The number of hydrogen-bond acceptors (Lipinski definition) is 3. The third-order valence-electron chi connectivity index (χ3n) is 3.36. The van der Waals surface area contributed by atoms with E-state index in [1.807, 2.05) is 0 Å². The van der Waals surface area contributed by atoms with Crippen LogP contribution in [0.2, 0.25) is 0 Å². The molecule has 0 N–H and O–H groups in total. The molecule has 7 heteroatoms. The summed E-state index contributed by atoms with van der Waals surface area (Å²) in [5.74, 6) is 0. The molecule has 0 bridgehead atoms. The van der Waals surface area contributed by atoms with Crippen molar-refractivity contribution in [3.63, 3.8) is 0 Å². The lowest BCUT2D eigenvalue weighted by molar-refractivity contribution is -0.137. The smallest absolute Gasteiger partial charge is 0.268 e. The lowest BCUT2D eigenvalue weighted by Gasteiger charge is -2.14. The molecular formula is C16H11F3N2OS. The van der Waals surface area contributed by atoms with Crippen LogP contribution in [0.3, 0.4) is 0 Å². The van der Waals surface area contributed by atoms with Crippen LogP contribution in [0.15, 0.2) is 58.5 Å². The Bertz CT molecular complexity index is 934. The quantitative estimate of drug-likeness (QED) is 0.521. The van der Waals surface area contributed by atoms with Gasteiger partial charge in [-0.3, -0.25) is 9.36 Å². The molecule has 0 aliphatic heterocycles. The van der Waals surface area contributed by atoms with Crippen molar-refractivity contribution in [2.24, 2.45) is 0 Å². The molecule has 0 aliphatic rings. The molecule has 0 atom stereocenters. The summed E-state index contributed by atoms with van der Waals surface area (Å²) in [7, 11) is 0. The number of rotatable bonds is 2. The van der Waals surface area contributed by atoms with E-state index in [0.29, 0.717) is 16.1 Å². The Hall–Kier alpha value is -2.28. The predicted octanol–water partition coefficient (Wildman–Crippen LogP) is 4.13. The molecule has 0 radical (unpaired) electrons. The van der Waals surface area contributed by atoms with Gasteiger partial charge in [-0.2, -0.15) is 13.2 Å². The van der Waals surface area contributed by atoms with Crippen molar-refractivity contribution in [3.8, 4) is 5.69 Å². The number of hydrogen-bond donors (Lipinski definition) is 0. The molecular weight excluding hydrogens is 325 g/mol. The fourth-order valence-corrected chi connectivity index (χ4v) is 2.86. The normalized spacial score (nSPS) is 11.8. The van der Waals surface area contributed by atoms with Gasteiger partial charge in [0.05, 0.1) is 22.2 Å². The van der Waals surface area contributed by atoms with E-state index in [-0.39, 0.29) is 11.2 Å². The van der Waals surface area contributed by atoms with Crippen molar-refractivity contribution in [1.82, 2.24) is 9.55 Å². The van der Waals surface area contributed by atoms with Crippen LogP contribution in [0.5, 0.6) is 0 Å². The summed E-state index contributed by atoms with van der Waals surface area (Å²) in [4.78, 5) is 17.1. The largest absolute Gasteiger partial charge is 0.416 e. The maximum atomic E-state index is 12.9. The third kappa shape index (κ3) is 2.84. The number of thioether (sulfide) groups is 1. The van der Waals surface area contributed by atoms with Crippen LogP contribution < -0.4 is 5.56 Å². The number of nitrogens with zero attached hydrogens (tertiary/aromatic N) is 2. The minimum absolute atomic E-state index is 0.146. The maximum absolute atomic E-state index is 12.9. The highest BCUT2D eigenvalue weighted by atomic mass is 32.2. The molecule has 1 aromatic heterocycles. The summed E-state index contributed by atoms with van der Waals surface area (Å²) in [6.45, 7) is 0. The Morgan fingerprint density at radius 3 is 2.52 bits per heavy atom. The molecule has 3 rings (SSSR count). The zero-order valence-corrected chi connectivity index (χ0v) is 12.8. The van der Waals surface area contributed by atoms with Crippen molar-refractivity contribution in [2.45, 2.75) is 11.3 Å². The van der Waals surface area contributed by atoms with Gasteiger partial charge in [0.15, 0.2) is 5.16 Å². The van der Waals surface area contributed by atoms with Crippen LogP contribution in [0.4, 0.5) is 13.2 Å². The van der Waals surface area contributed by atoms with Gasteiger partial charge in [0, 0.05) is 0 Å². The summed E-state index contributed by atoms with van der Waals surface area (Å²) >= 11 is 1.20. The van der Waals surface area contributed by atoms with E-state index < -0.39 is 11.7 Å². The minimum atomic E-state index is -4.47. The molecule has 0 saturated heterocycles. The van der Waals surface area contributed by atoms with Gasteiger partial charge in [-0.1, -0.05) is 30.0 Å². The lowest BCUT2D eigenvalue weighted by atomic mass is 10.2. The van der Waals surface area contributed by atoms with Gasteiger partial charge in [-0.15, -0.1) is 0 Å². The standard InChI is InChI=1S/C16H11F3N2OS/c1-23-15-20-13-8-3-2-7-12(13)14(22)21(15)11-6-4-5-10(9-11)16(17,18)19/h2-9H,1H3. The number of alkyl halides is 3. The molecule has 23 heavy (non-hydrogen) atoms. The van der Waals surface area contributed by atoms with Crippen LogP contribution in [0.1, 0.15) is 5.56 Å². The van der Waals surface area contributed by atoms with Crippen molar-refractivity contribution in [1.29, 1.82) is 0 Å². The fourth-order valence-electron chi connectivity index (χ4n) is 2.30. The van der Waals surface area contributed by atoms with Crippen LogP contribution in [0, 0.1) is 0 Å². The maximum Gasteiger partial charge on any atom is 0.416 e. The molecule has 0 spiro atoms. The van der Waals surface area contributed by atoms with E-state index in [1.54, 1.807) is 30.5 Å². The zero-order valence-electron chi connectivity index (χ0n) is 12.0. The molecule has 0 aliphatic carbocycles. The Balaban J connectivity index is 2.32. The summed E-state index contributed by atoms with van der Waals surface area (Å²) in [6.07, 6.45) is -2.75. The summed E-state index contributed by atoms with van der Waals surface area (Å²) in [5, 5.41) is 0.704. The van der Waals surface area contributed by atoms with E-state index in [4.69, 9.17) is 0 Å².